The van der Waals surface area contributed by atoms with Crippen LogP contribution in [0.2, 0.25) is 0 Å². The van der Waals surface area contributed by atoms with Crippen molar-refractivity contribution in [3.63, 3.8) is 0 Å². The lowest BCUT2D eigenvalue weighted by molar-refractivity contribution is -0.142. The molecule has 0 saturated heterocycles. The third-order valence-electron chi connectivity index (χ3n) is 4.69. The lowest BCUT2D eigenvalue weighted by atomic mass is 10.0. The smallest absolute Gasteiger partial charge is 0.326 e. The summed E-state index contributed by atoms with van der Waals surface area (Å²) >= 11 is 5.67. The summed E-state index contributed by atoms with van der Waals surface area (Å²) in [4.78, 5) is 53.2. The number of amides is 3. The number of aliphatic imine (C=N–C) groups is 1. The topological polar surface area (TPSA) is 215 Å². The second kappa shape index (κ2) is 17.3. The molecule has 34 heavy (non-hydrogen) atoms. The maximum atomic E-state index is 12.9. The SMILES string of the molecule is CSCCC(N)C(=O)NC(CC(C)C)C(=O)NC(CS)C(=O)NC(CCCN=C(N)N)C(=O)O. The van der Waals surface area contributed by atoms with Crippen molar-refractivity contribution < 1.29 is 24.3 Å². The molecule has 3 amide bonds. The quantitative estimate of drug-likeness (QED) is 0.0490. The van der Waals surface area contributed by atoms with E-state index in [2.05, 4.69) is 33.6 Å². The molecule has 0 spiro atoms. The van der Waals surface area contributed by atoms with Gasteiger partial charge in [-0.2, -0.15) is 24.4 Å². The van der Waals surface area contributed by atoms with Crippen molar-refractivity contribution in [3.05, 3.63) is 0 Å². The number of rotatable bonds is 17. The molecule has 0 heterocycles. The van der Waals surface area contributed by atoms with E-state index in [0.29, 0.717) is 25.0 Å². The Labute approximate surface area is 210 Å². The molecular formula is C20H39N7O5S2. The highest BCUT2D eigenvalue weighted by molar-refractivity contribution is 7.98. The summed E-state index contributed by atoms with van der Waals surface area (Å²) in [5.74, 6) is -2.37. The molecule has 0 bridgehead atoms. The number of guanidine groups is 1. The predicted molar refractivity (Wildman–Crippen MR) is 138 cm³/mol. The fourth-order valence-corrected chi connectivity index (χ4v) is 3.60. The third-order valence-corrected chi connectivity index (χ3v) is 5.69. The van der Waals surface area contributed by atoms with E-state index in [4.69, 9.17) is 17.2 Å². The molecule has 0 aromatic heterocycles. The number of carbonyl (C=O) groups excluding carboxylic acids is 3. The number of nitrogens with one attached hydrogen (secondary N) is 3. The van der Waals surface area contributed by atoms with Crippen molar-refractivity contribution in [1.29, 1.82) is 0 Å². The highest BCUT2D eigenvalue weighted by atomic mass is 32.2. The number of hydrogen-bond acceptors (Lipinski definition) is 8. The third kappa shape index (κ3) is 13.5. The Morgan fingerprint density at radius 3 is 2.03 bits per heavy atom. The van der Waals surface area contributed by atoms with E-state index < -0.39 is 47.9 Å². The van der Waals surface area contributed by atoms with Gasteiger partial charge in [-0.05, 0) is 43.6 Å². The monoisotopic (exact) mass is 521 g/mol. The fourth-order valence-electron chi connectivity index (χ4n) is 2.86. The van der Waals surface area contributed by atoms with Crippen LogP contribution >= 0.6 is 24.4 Å². The first-order valence-electron chi connectivity index (χ1n) is 11.0. The molecule has 0 fully saturated rings. The first-order valence-corrected chi connectivity index (χ1v) is 13.0. The molecule has 10 N–H and O–H groups in total. The number of thiol groups is 1. The molecule has 0 rings (SSSR count). The summed E-state index contributed by atoms with van der Waals surface area (Å²) in [6, 6.07) is -3.96. The number of nitrogens with zero attached hydrogens (tertiary/aromatic N) is 1. The van der Waals surface area contributed by atoms with Crippen LogP contribution in [0, 0.1) is 5.92 Å². The van der Waals surface area contributed by atoms with E-state index in [0.717, 1.165) is 0 Å². The predicted octanol–water partition coefficient (Wildman–Crippen LogP) is -1.36. The lowest BCUT2D eigenvalue weighted by Gasteiger charge is -2.25. The molecule has 0 aliphatic rings. The van der Waals surface area contributed by atoms with Crippen LogP contribution in [-0.4, -0.2) is 83.2 Å². The first-order chi connectivity index (χ1) is 15.9. The number of hydrogen-bond donors (Lipinski definition) is 8. The van der Waals surface area contributed by atoms with E-state index in [-0.39, 0.29) is 30.6 Å². The van der Waals surface area contributed by atoms with Crippen molar-refractivity contribution in [2.75, 3.05) is 24.3 Å². The number of carboxylic acids is 1. The number of aliphatic carboxylic acids is 1. The molecule has 0 radical (unpaired) electrons. The minimum Gasteiger partial charge on any atom is -0.480 e. The van der Waals surface area contributed by atoms with E-state index in [1.54, 1.807) is 11.8 Å². The fraction of sp³-hybridized carbons (Fsp3) is 0.750. The zero-order valence-electron chi connectivity index (χ0n) is 20.0. The van der Waals surface area contributed by atoms with Gasteiger partial charge in [0.1, 0.15) is 18.1 Å². The molecule has 14 heteroatoms. The number of thioether (sulfide) groups is 1. The van der Waals surface area contributed by atoms with Crippen molar-refractivity contribution >= 4 is 54.0 Å². The second-order valence-corrected chi connectivity index (χ2v) is 9.52. The summed E-state index contributed by atoms with van der Waals surface area (Å²) in [5, 5.41) is 17.0. The van der Waals surface area contributed by atoms with Crippen molar-refractivity contribution in [2.24, 2.45) is 28.1 Å². The van der Waals surface area contributed by atoms with Gasteiger partial charge >= 0.3 is 5.97 Å². The largest absolute Gasteiger partial charge is 0.480 e. The Kier molecular flexibility index (Phi) is 16.2. The summed E-state index contributed by atoms with van der Waals surface area (Å²) < 4.78 is 0. The van der Waals surface area contributed by atoms with Crippen LogP contribution in [0.3, 0.4) is 0 Å². The van der Waals surface area contributed by atoms with Crippen LogP contribution in [0.15, 0.2) is 4.99 Å². The van der Waals surface area contributed by atoms with Crippen LogP contribution in [0.5, 0.6) is 0 Å². The van der Waals surface area contributed by atoms with E-state index in [1.165, 1.54) is 0 Å². The number of carbonyl (C=O) groups is 4. The summed E-state index contributed by atoms with van der Waals surface area (Å²) in [6.07, 6.45) is 3.11. The van der Waals surface area contributed by atoms with Gasteiger partial charge in [-0.3, -0.25) is 19.4 Å². The van der Waals surface area contributed by atoms with Gasteiger partial charge in [0.25, 0.3) is 0 Å². The second-order valence-electron chi connectivity index (χ2n) is 8.17. The molecule has 0 saturated carbocycles. The van der Waals surface area contributed by atoms with Crippen molar-refractivity contribution in [3.8, 4) is 0 Å². The molecule has 0 aliphatic heterocycles. The van der Waals surface area contributed by atoms with Gasteiger partial charge in [-0.15, -0.1) is 0 Å². The van der Waals surface area contributed by atoms with Crippen molar-refractivity contribution in [1.82, 2.24) is 16.0 Å². The highest BCUT2D eigenvalue weighted by Crippen LogP contribution is 2.08. The average Bonchev–Trinajstić information content (AvgIpc) is 2.76. The zero-order valence-corrected chi connectivity index (χ0v) is 21.7. The Morgan fingerprint density at radius 1 is 0.971 bits per heavy atom. The van der Waals surface area contributed by atoms with Gasteiger partial charge in [-0.25, -0.2) is 4.79 Å². The Bertz CT molecular complexity index is 705. The molecule has 4 unspecified atom stereocenters. The van der Waals surface area contributed by atoms with Crippen LogP contribution in [0.25, 0.3) is 0 Å². The van der Waals surface area contributed by atoms with E-state index in [9.17, 15) is 24.3 Å². The Balaban J connectivity index is 5.15. The van der Waals surface area contributed by atoms with Gasteiger partial charge < -0.3 is 38.3 Å². The normalized spacial score (nSPS) is 14.4. The van der Waals surface area contributed by atoms with Gasteiger partial charge in [0.15, 0.2) is 5.96 Å². The van der Waals surface area contributed by atoms with Crippen LogP contribution in [0.4, 0.5) is 0 Å². The van der Waals surface area contributed by atoms with Crippen LogP contribution in [0.1, 0.15) is 39.5 Å². The molecule has 0 aromatic carbocycles. The summed E-state index contributed by atoms with van der Waals surface area (Å²) in [7, 11) is 0. The molecule has 196 valence electrons. The summed E-state index contributed by atoms with van der Waals surface area (Å²) in [6.45, 7) is 4.00. The van der Waals surface area contributed by atoms with Crippen LogP contribution in [-0.2, 0) is 19.2 Å². The minimum absolute atomic E-state index is 0.0726. The first kappa shape index (κ1) is 31.8. The van der Waals surface area contributed by atoms with E-state index >= 15 is 0 Å². The number of carboxylic acid groups (broad SMARTS) is 1. The maximum Gasteiger partial charge on any atom is 0.326 e. The highest BCUT2D eigenvalue weighted by Gasteiger charge is 2.30. The van der Waals surface area contributed by atoms with Gasteiger partial charge in [0.2, 0.25) is 17.7 Å². The average molecular weight is 522 g/mol. The molecule has 0 aromatic rings. The molecule has 0 aliphatic carbocycles. The van der Waals surface area contributed by atoms with E-state index in [1.807, 2.05) is 20.1 Å². The Hall–Kier alpha value is -2.19. The molecule has 12 nitrogen and oxygen atoms in total. The van der Waals surface area contributed by atoms with Gasteiger partial charge in [-0.1, -0.05) is 13.8 Å². The molecular weight excluding hydrogens is 482 g/mol. The zero-order chi connectivity index (χ0) is 26.3. The van der Waals surface area contributed by atoms with Gasteiger partial charge in [0, 0.05) is 12.3 Å². The minimum atomic E-state index is -1.23. The molecule has 4 atom stereocenters. The maximum absolute atomic E-state index is 12.9. The van der Waals surface area contributed by atoms with Crippen LogP contribution < -0.4 is 33.2 Å². The van der Waals surface area contributed by atoms with Gasteiger partial charge in [0.05, 0.1) is 6.04 Å². The van der Waals surface area contributed by atoms with Crippen molar-refractivity contribution in [2.45, 2.75) is 63.7 Å². The summed E-state index contributed by atoms with van der Waals surface area (Å²) in [5.41, 5.74) is 16.4. The lowest BCUT2D eigenvalue weighted by Crippen LogP contribution is -2.57. The standard InChI is InChI=1S/C20H39N7O5S2/c1-11(2)9-14(26-16(28)12(21)6-8-34-3)17(29)27-15(10-33)18(30)25-13(19(31)32)5-4-7-24-20(22)23/h11-15,33H,4-10,21H2,1-3H3,(H,25,30)(H,26,28)(H,27,29)(H,31,32)(H4,22,23,24). The number of nitrogens with two attached hydrogens (primary N) is 3. The Morgan fingerprint density at radius 2 is 1.53 bits per heavy atom.